The highest BCUT2D eigenvalue weighted by atomic mass is 16.5. The van der Waals surface area contributed by atoms with Gasteiger partial charge in [0.15, 0.2) is 0 Å². The van der Waals surface area contributed by atoms with Crippen LogP contribution in [-0.2, 0) is 4.74 Å². The Morgan fingerprint density at radius 3 is 2.67 bits per heavy atom. The lowest BCUT2D eigenvalue weighted by Gasteiger charge is -2.37. The molecule has 2 aliphatic carbocycles. The molecule has 0 spiro atoms. The van der Waals surface area contributed by atoms with Gasteiger partial charge >= 0.3 is 0 Å². The summed E-state index contributed by atoms with van der Waals surface area (Å²) < 4.78 is 11.3. The Morgan fingerprint density at radius 2 is 1.90 bits per heavy atom. The molecule has 0 bridgehead atoms. The fraction of sp³-hybridized carbons (Fsp3) is 0.667. The van der Waals surface area contributed by atoms with Gasteiger partial charge < -0.3 is 14.8 Å². The molecule has 0 amide bonds. The molecule has 1 aromatic rings. The van der Waals surface area contributed by atoms with Crippen molar-refractivity contribution in [2.45, 2.75) is 56.6 Å². The maximum absolute atomic E-state index is 5.89. The molecule has 3 rings (SSSR count). The number of nitrogens with one attached hydrogen (secondary N) is 1. The van der Waals surface area contributed by atoms with E-state index in [1.807, 2.05) is 6.07 Å². The number of benzene rings is 1. The Balaban J connectivity index is 1.34. The molecule has 1 aromatic carbocycles. The first-order valence-electron chi connectivity index (χ1n) is 8.34. The molecule has 0 aliphatic heterocycles. The van der Waals surface area contributed by atoms with Crippen LogP contribution in [0.25, 0.3) is 0 Å². The first-order valence-corrected chi connectivity index (χ1v) is 8.34. The summed E-state index contributed by atoms with van der Waals surface area (Å²) in [6.07, 6.45) is 8.18. The Hall–Kier alpha value is -1.06. The predicted molar refractivity (Wildman–Crippen MR) is 85.0 cm³/mol. The van der Waals surface area contributed by atoms with Crippen molar-refractivity contribution in [1.29, 1.82) is 0 Å². The van der Waals surface area contributed by atoms with Gasteiger partial charge in [0.05, 0.1) is 19.8 Å². The Bertz CT molecular complexity index is 437. The summed E-state index contributed by atoms with van der Waals surface area (Å²) in [6.45, 7) is 1.85. The average Bonchev–Trinajstić information content (AvgIpc) is 2.98. The van der Waals surface area contributed by atoms with Crippen LogP contribution in [0, 0.1) is 0 Å². The number of para-hydroxylation sites is 1. The van der Waals surface area contributed by atoms with Crippen LogP contribution in [0.1, 0.15) is 50.0 Å². The normalized spacial score (nSPS) is 25.8. The molecule has 0 atom stereocenters. The molecular formula is C18H27NO2. The fourth-order valence-electron chi connectivity index (χ4n) is 3.59. The maximum Gasteiger partial charge on any atom is 0.122 e. The first-order chi connectivity index (χ1) is 10.4. The Morgan fingerprint density at radius 1 is 1.14 bits per heavy atom. The zero-order chi connectivity index (χ0) is 14.5. The third-order valence-corrected chi connectivity index (χ3v) is 4.91. The minimum Gasteiger partial charge on any atom is -0.496 e. The largest absolute Gasteiger partial charge is 0.496 e. The maximum atomic E-state index is 5.89. The highest BCUT2D eigenvalue weighted by Gasteiger charge is 2.31. The number of hydrogen-bond donors (Lipinski definition) is 1. The number of hydrogen-bond acceptors (Lipinski definition) is 3. The fourth-order valence-corrected chi connectivity index (χ4v) is 3.59. The molecular weight excluding hydrogens is 262 g/mol. The molecule has 1 N–H and O–H groups in total. The second kappa shape index (κ2) is 7.28. The van der Waals surface area contributed by atoms with Crippen LogP contribution in [0.15, 0.2) is 24.3 Å². The summed E-state index contributed by atoms with van der Waals surface area (Å²) >= 11 is 0. The van der Waals surface area contributed by atoms with Crippen molar-refractivity contribution in [3.8, 4) is 5.75 Å². The average molecular weight is 289 g/mol. The Kier molecular flexibility index (Phi) is 5.15. The van der Waals surface area contributed by atoms with Crippen molar-refractivity contribution in [3.05, 3.63) is 29.8 Å². The van der Waals surface area contributed by atoms with E-state index < -0.39 is 0 Å². The minimum atomic E-state index is 0.537. The molecule has 0 aromatic heterocycles. The molecule has 3 heteroatoms. The van der Waals surface area contributed by atoms with E-state index in [1.165, 1.54) is 44.1 Å². The molecule has 0 radical (unpaired) electrons. The van der Waals surface area contributed by atoms with Crippen LogP contribution in [0.3, 0.4) is 0 Å². The quantitative estimate of drug-likeness (QED) is 0.779. The van der Waals surface area contributed by atoms with Gasteiger partial charge in [-0.2, -0.15) is 0 Å². The smallest absolute Gasteiger partial charge is 0.122 e. The molecule has 3 nitrogen and oxygen atoms in total. The highest BCUT2D eigenvalue weighted by Crippen LogP contribution is 2.40. The van der Waals surface area contributed by atoms with E-state index in [4.69, 9.17) is 9.47 Å². The molecule has 2 fully saturated rings. The summed E-state index contributed by atoms with van der Waals surface area (Å²) in [4.78, 5) is 0. The zero-order valence-corrected chi connectivity index (χ0v) is 13.0. The number of methoxy groups -OCH3 is 1. The zero-order valence-electron chi connectivity index (χ0n) is 13.0. The molecule has 0 unspecified atom stereocenters. The highest BCUT2D eigenvalue weighted by molar-refractivity contribution is 5.37. The second-order valence-electron chi connectivity index (χ2n) is 6.34. The van der Waals surface area contributed by atoms with Crippen molar-refractivity contribution in [2.75, 3.05) is 20.3 Å². The van der Waals surface area contributed by atoms with Crippen molar-refractivity contribution in [1.82, 2.24) is 5.32 Å². The van der Waals surface area contributed by atoms with E-state index in [0.29, 0.717) is 18.1 Å². The van der Waals surface area contributed by atoms with Gasteiger partial charge in [0, 0.05) is 12.6 Å². The van der Waals surface area contributed by atoms with E-state index in [2.05, 4.69) is 23.5 Å². The van der Waals surface area contributed by atoms with Crippen molar-refractivity contribution >= 4 is 0 Å². The number of ether oxygens (including phenoxy) is 2. The SMILES string of the molecule is COc1ccccc1C1CC(NCCOC2CCCC2)C1. The van der Waals surface area contributed by atoms with Gasteiger partial charge in [0.1, 0.15) is 5.75 Å². The van der Waals surface area contributed by atoms with Crippen LogP contribution in [-0.4, -0.2) is 32.4 Å². The van der Waals surface area contributed by atoms with Gasteiger partial charge in [0.25, 0.3) is 0 Å². The summed E-state index contributed by atoms with van der Waals surface area (Å²) in [5, 5.41) is 3.61. The standard InChI is InChI=1S/C18H27NO2/c1-20-18-9-5-4-8-17(18)14-12-15(13-14)19-10-11-21-16-6-2-3-7-16/h4-5,8-9,14-16,19H,2-3,6-7,10-13H2,1H3. The third-order valence-electron chi connectivity index (χ3n) is 4.91. The van der Waals surface area contributed by atoms with Gasteiger partial charge in [-0.15, -0.1) is 0 Å². The van der Waals surface area contributed by atoms with Crippen LogP contribution >= 0.6 is 0 Å². The first kappa shape index (κ1) is 14.9. The van der Waals surface area contributed by atoms with Crippen LogP contribution in [0.5, 0.6) is 5.75 Å². The second-order valence-corrected chi connectivity index (χ2v) is 6.34. The molecule has 0 heterocycles. The lowest BCUT2D eigenvalue weighted by atomic mass is 9.75. The molecule has 2 saturated carbocycles. The van der Waals surface area contributed by atoms with Gasteiger partial charge in [-0.25, -0.2) is 0 Å². The molecule has 116 valence electrons. The van der Waals surface area contributed by atoms with E-state index in [-0.39, 0.29) is 0 Å². The van der Waals surface area contributed by atoms with Crippen LogP contribution in [0.2, 0.25) is 0 Å². The summed E-state index contributed by atoms with van der Waals surface area (Å²) in [5.74, 6) is 1.68. The third kappa shape index (κ3) is 3.78. The predicted octanol–water partition coefficient (Wildman–Crippen LogP) is 3.49. The lowest BCUT2D eigenvalue weighted by molar-refractivity contribution is 0.0571. The van der Waals surface area contributed by atoms with Gasteiger partial charge in [0.2, 0.25) is 0 Å². The molecule has 21 heavy (non-hydrogen) atoms. The Labute approximate surface area is 128 Å². The minimum absolute atomic E-state index is 0.537. The van der Waals surface area contributed by atoms with E-state index >= 15 is 0 Å². The van der Waals surface area contributed by atoms with Gasteiger partial charge in [-0.3, -0.25) is 0 Å². The van der Waals surface area contributed by atoms with E-state index in [0.717, 1.165) is 18.9 Å². The van der Waals surface area contributed by atoms with Crippen molar-refractivity contribution in [3.63, 3.8) is 0 Å². The summed E-state index contributed by atoms with van der Waals surface area (Å²) in [7, 11) is 1.76. The van der Waals surface area contributed by atoms with Crippen LogP contribution in [0.4, 0.5) is 0 Å². The molecule has 0 saturated heterocycles. The molecule has 2 aliphatic rings. The summed E-state index contributed by atoms with van der Waals surface area (Å²) in [5.41, 5.74) is 1.36. The van der Waals surface area contributed by atoms with E-state index in [1.54, 1.807) is 7.11 Å². The van der Waals surface area contributed by atoms with Crippen molar-refractivity contribution in [2.24, 2.45) is 0 Å². The topological polar surface area (TPSA) is 30.5 Å². The lowest BCUT2D eigenvalue weighted by Crippen LogP contribution is -2.41. The van der Waals surface area contributed by atoms with Crippen molar-refractivity contribution < 1.29 is 9.47 Å². The summed E-state index contributed by atoms with van der Waals surface area (Å²) in [6, 6.07) is 9.05. The van der Waals surface area contributed by atoms with Gasteiger partial charge in [-0.05, 0) is 43.2 Å². The number of rotatable bonds is 7. The van der Waals surface area contributed by atoms with E-state index in [9.17, 15) is 0 Å². The monoisotopic (exact) mass is 289 g/mol. The van der Waals surface area contributed by atoms with Crippen LogP contribution < -0.4 is 10.1 Å². The van der Waals surface area contributed by atoms with Gasteiger partial charge in [-0.1, -0.05) is 31.0 Å².